The Bertz CT molecular complexity index is 394. The summed E-state index contributed by atoms with van der Waals surface area (Å²) in [5.74, 6) is 0. The SMILES string of the molecule is CCCNC(CC1=CCCCC1)c1cnnn1C. The molecule has 1 aliphatic carbocycles. The van der Waals surface area contributed by atoms with Crippen LogP contribution < -0.4 is 5.32 Å². The molecule has 4 heteroatoms. The maximum absolute atomic E-state index is 4.05. The van der Waals surface area contributed by atoms with E-state index in [2.05, 4.69) is 28.6 Å². The summed E-state index contributed by atoms with van der Waals surface area (Å²) in [4.78, 5) is 0. The lowest BCUT2D eigenvalue weighted by atomic mass is 9.93. The van der Waals surface area contributed by atoms with Crippen LogP contribution in [0.15, 0.2) is 17.8 Å². The van der Waals surface area contributed by atoms with E-state index in [-0.39, 0.29) is 0 Å². The highest BCUT2D eigenvalue weighted by molar-refractivity contribution is 5.12. The third-order valence-electron chi connectivity index (χ3n) is 3.60. The Kier molecular flexibility index (Phi) is 4.93. The lowest BCUT2D eigenvalue weighted by molar-refractivity contribution is 0.479. The smallest absolute Gasteiger partial charge is 0.0756 e. The van der Waals surface area contributed by atoms with Gasteiger partial charge in [0.15, 0.2) is 0 Å². The summed E-state index contributed by atoms with van der Waals surface area (Å²) in [5, 5.41) is 11.7. The minimum atomic E-state index is 0.356. The molecule has 1 unspecified atom stereocenters. The van der Waals surface area contributed by atoms with Gasteiger partial charge in [-0.05, 0) is 45.1 Å². The van der Waals surface area contributed by atoms with E-state index in [0.29, 0.717) is 6.04 Å². The van der Waals surface area contributed by atoms with Gasteiger partial charge in [0.1, 0.15) is 0 Å². The Balaban J connectivity index is 2.05. The lowest BCUT2D eigenvalue weighted by Gasteiger charge is -2.21. The highest BCUT2D eigenvalue weighted by Gasteiger charge is 2.17. The monoisotopic (exact) mass is 248 g/mol. The largest absolute Gasteiger partial charge is 0.308 e. The van der Waals surface area contributed by atoms with Crippen molar-refractivity contribution in [1.29, 1.82) is 0 Å². The van der Waals surface area contributed by atoms with Crippen molar-refractivity contribution in [2.45, 2.75) is 51.5 Å². The fourth-order valence-electron chi connectivity index (χ4n) is 2.57. The molecule has 0 saturated heterocycles. The summed E-state index contributed by atoms with van der Waals surface area (Å²) in [7, 11) is 1.97. The van der Waals surface area contributed by atoms with Crippen molar-refractivity contribution in [3.63, 3.8) is 0 Å². The molecule has 4 nitrogen and oxygen atoms in total. The van der Waals surface area contributed by atoms with E-state index >= 15 is 0 Å². The molecule has 1 heterocycles. The van der Waals surface area contributed by atoms with Gasteiger partial charge in [-0.15, -0.1) is 5.10 Å². The van der Waals surface area contributed by atoms with Crippen LogP contribution in [0.4, 0.5) is 0 Å². The summed E-state index contributed by atoms with van der Waals surface area (Å²) in [6, 6.07) is 0.356. The van der Waals surface area contributed by atoms with Crippen LogP contribution in [0, 0.1) is 0 Å². The Morgan fingerprint density at radius 1 is 1.44 bits per heavy atom. The van der Waals surface area contributed by atoms with Crippen LogP contribution >= 0.6 is 0 Å². The molecule has 0 amide bonds. The van der Waals surface area contributed by atoms with Crippen LogP contribution in [0.25, 0.3) is 0 Å². The highest BCUT2D eigenvalue weighted by atomic mass is 15.4. The first-order chi connectivity index (χ1) is 8.81. The van der Waals surface area contributed by atoms with E-state index < -0.39 is 0 Å². The molecule has 0 spiro atoms. The second-order valence-electron chi connectivity index (χ2n) is 5.10. The molecule has 100 valence electrons. The van der Waals surface area contributed by atoms with E-state index in [9.17, 15) is 0 Å². The molecule has 1 aromatic heterocycles. The molecule has 1 aromatic rings. The lowest BCUT2D eigenvalue weighted by Crippen LogP contribution is -2.25. The number of hydrogen-bond donors (Lipinski definition) is 1. The zero-order valence-electron chi connectivity index (χ0n) is 11.5. The van der Waals surface area contributed by atoms with Crippen molar-refractivity contribution in [2.24, 2.45) is 7.05 Å². The Labute approximate surface area is 109 Å². The zero-order chi connectivity index (χ0) is 12.8. The van der Waals surface area contributed by atoms with E-state index in [0.717, 1.165) is 19.4 Å². The van der Waals surface area contributed by atoms with Gasteiger partial charge in [0.25, 0.3) is 0 Å². The molecule has 1 aliphatic rings. The molecule has 2 rings (SSSR count). The standard InChI is InChI=1S/C14H24N4/c1-3-9-15-13(14-11-16-17-18(14)2)10-12-7-5-4-6-8-12/h7,11,13,15H,3-6,8-10H2,1-2H3. The number of aryl methyl sites for hydroxylation is 1. The number of hydrogen-bond acceptors (Lipinski definition) is 3. The van der Waals surface area contributed by atoms with Crippen molar-refractivity contribution in [1.82, 2.24) is 20.3 Å². The third kappa shape index (κ3) is 3.42. The molecule has 0 radical (unpaired) electrons. The van der Waals surface area contributed by atoms with Gasteiger partial charge in [-0.3, -0.25) is 4.68 Å². The van der Waals surface area contributed by atoms with Gasteiger partial charge >= 0.3 is 0 Å². The van der Waals surface area contributed by atoms with Crippen LogP contribution in [0.3, 0.4) is 0 Å². The maximum atomic E-state index is 4.05. The molecule has 1 N–H and O–H groups in total. The Morgan fingerprint density at radius 3 is 2.94 bits per heavy atom. The predicted octanol–water partition coefficient (Wildman–Crippen LogP) is 2.75. The Hall–Kier alpha value is -1.16. The first kappa shape index (κ1) is 13.3. The second-order valence-corrected chi connectivity index (χ2v) is 5.10. The molecule has 0 aliphatic heterocycles. The highest BCUT2D eigenvalue weighted by Crippen LogP contribution is 2.27. The molecule has 0 fully saturated rings. The van der Waals surface area contributed by atoms with Crippen LogP contribution in [0.1, 0.15) is 57.2 Å². The van der Waals surface area contributed by atoms with E-state index in [4.69, 9.17) is 0 Å². The van der Waals surface area contributed by atoms with Crippen LogP contribution in [-0.2, 0) is 7.05 Å². The van der Waals surface area contributed by atoms with Crippen molar-refractivity contribution < 1.29 is 0 Å². The second kappa shape index (κ2) is 6.69. The summed E-state index contributed by atoms with van der Waals surface area (Å²) in [6.45, 7) is 3.24. The summed E-state index contributed by atoms with van der Waals surface area (Å²) >= 11 is 0. The van der Waals surface area contributed by atoms with Crippen molar-refractivity contribution in [2.75, 3.05) is 6.54 Å². The van der Waals surface area contributed by atoms with E-state index in [1.54, 1.807) is 5.57 Å². The number of nitrogens with zero attached hydrogens (tertiary/aromatic N) is 3. The minimum Gasteiger partial charge on any atom is -0.308 e. The first-order valence-corrected chi connectivity index (χ1v) is 7.07. The first-order valence-electron chi connectivity index (χ1n) is 7.07. The number of aromatic nitrogens is 3. The number of rotatable bonds is 6. The van der Waals surface area contributed by atoms with Gasteiger partial charge in [-0.1, -0.05) is 23.8 Å². The summed E-state index contributed by atoms with van der Waals surface area (Å²) in [5.41, 5.74) is 2.78. The normalized spacial score (nSPS) is 17.6. The summed E-state index contributed by atoms with van der Waals surface area (Å²) < 4.78 is 1.89. The Morgan fingerprint density at radius 2 is 2.33 bits per heavy atom. The minimum absolute atomic E-state index is 0.356. The molecule has 18 heavy (non-hydrogen) atoms. The van der Waals surface area contributed by atoms with Crippen LogP contribution in [0.5, 0.6) is 0 Å². The van der Waals surface area contributed by atoms with Gasteiger partial charge in [-0.2, -0.15) is 0 Å². The molecular weight excluding hydrogens is 224 g/mol. The van der Waals surface area contributed by atoms with Crippen molar-refractivity contribution in [3.05, 3.63) is 23.5 Å². The zero-order valence-corrected chi connectivity index (χ0v) is 11.5. The van der Waals surface area contributed by atoms with Crippen LogP contribution in [0.2, 0.25) is 0 Å². The summed E-state index contributed by atoms with van der Waals surface area (Å²) in [6.07, 6.45) is 11.8. The predicted molar refractivity (Wildman–Crippen MR) is 73.2 cm³/mol. The molecule has 0 aromatic carbocycles. The molecule has 1 atom stereocenters. The maximum Gasteiger partial charge on any atom is 0.0756 e. The van der Waals surface area contributed by atoms with Gasteiger partial charge in [0.05, 0.1) is 17.9 Å². The number of nitrogens with one attached hydrogen (secondary N) is 1. The van der Waals surface area contributed by atoms with Gasteiger partial charge in [-0.25, -0.2) is 0 Å². The molecule has 0 bridgehead atoms. The van der Waals surface area contributed by atoms with Crippen molar-refractivity contribution >= 4 is 0 Å². The number of allylic oxidation sites excluding steroid dienone is 1. The fourth-order valence-corrected chi connectivity index (χ4v) is 2.57. The van der Waals surface area contributed by atoms with Gasteiger partial charge in [0.2, 0.25) is 0 Å². The van der Waals surface area contributed by atoms with E-state index in [1.807, 2.05) is 17.9 Å². The van der Waals surface area contributed by atoms with Crippen LogP contribution in [-0.4, -0.2) is 21.5 Å². The fraction of sp³-hybridized carbons (Fsp3) is 0.714. The average molecular weight is 248 g/mol. The average Bonchev–Trinajstić information content (AvgIpc) is 2.82. The van der Waals surface area contributed by atoms with Crippen molar-refractivity contribution in [3.8, 4) is 0 Å². The quantitative estimate of drug-likeness (QED) is 0.787. The third-order valence-corrected chi connectivity index (χ3v) is 3.60. The topological polar surface area (TPSA) is 42.7 Å². The van der Waals surface area contributed by atoms with E-state index in [1.165, 1.54) is 31.4 Å². The molecule has 0 saturated carbocycles. The molecular formula is C14H24N4. The van der Waals surface area contributed by atoms with Gasteiger partial charge in [0, 0.05) is 7.05 Å². The van der Waals surface area contributed by atoms with Gasteiger partial charge < -0.3 is 5.32 Å².